The summed E-state index contributed by atoms with van der Waals surface area (Å²) in [5, 5.41) is 9.35. The SMILES string of the molecule is C[C@@H]1CN2C(O)=CC=CC2=N1. The molecule has 0 saturated heterocycles. The lowest BCUT2D eigenvalue weighted by Crippen LogP contribution is -2.28. The number of aliphatic hydroxyl groups is 1. The fourth-order valence-electron chi connectivity index (χ4n) is 1.35. The molecular weight excluding hydrogens is 140 g/mol. The summed E-state index contributed by atoms with van der Waals surface area (Å²) in [6, 6.07) is 0.295. The van der Waals surface area contributed by atoms with Gasteiger partial charge in [0, 0.05) is 6.54 Å². The Bertz CT molecular complexity index is 265. The minimum atomic E-state index is 0.295. The molecule has 0 spiro atoms. The topological polar surface area (TPSA) is 35.8 Å². The van der Waals surface area contributed by atoms with Gasteiger partial charge < -0.3 is 5.11 Å². The Balaban J connectivity index is 2.33. The average molecular weight is 150 g/mol. The van der Waals surface area contributed by atoms with Crippen LogP contribution in [0, 0.1) is 0 Å². The smallest absolute Gasteiger partial charge is 0.192 e. The minimum Gasteiger partial charge on any atom is -0.494 e. The number of aliphatic hydroxyl groups excluding tert-OH is 1. The van der Waals surface area contributed by atoms with Crippen LogP contribution in [0.2, 0.25) is 0 Å². The Kier molecular flexibility index (Phi) is 1.24. The van der Waals surface area contributed by atoms with Gasteiger partial charge in [0.25, 0.3) is 0 Å². The Labute approximate surface area is 65.4 Å². The van der Waals surface area contributed by atoms with Crippen molar-refractivity contribution in [2.75, 3.05) is 6.54 Å². The van der Waals surface area contributed by atoms with Crippen LogP contribution in [0.1, 0.15) is 6.92 Å². The summed E-state index contributed by atoms with van der Waals surface area (Å²) in [5.41, 5.74) is 0. The number of fused-ring (bicyclic) bond motifs is 1. The fraction of sp³-hybridized carbons (Fsp3) is 0.375. The lowest BCUT2D eigenvalue weighted by atomic mass is 10.3. The molecule has 0 aliphatic carbocycles. The second kappa shape index (κ2) is 2.12. The molecule has 2 aliphatic rings. The van der Waals surface area contributed by atoms with Crippen molar-refractivity contribution in [3.05, 3.63) is 24.1 Å². The van der Waals surface area contributed by atoms with Gasteiger partial charge in [-0.15, -0.1) is 0 Å². The lowest BCUT2D eigenvalue weighted by Gasteiger charge is -2.19. The molecule has 3 nitrogen and oxygen atoms in total. The highest BCUT2D eigenvalue weighted by molar-refractivity contribution is 5.96. The van der Waals surface area contributed by atoms with Gasteiger partial charge in [0.1, 0.15) is 5.84 Å². The van der Waals surface area contributed by atoms with Crippen molar-refractivity contribution in [2.24, 2.45) is 4.99 Å². The maximum Gasteiger partial charge on any atom is 0.192 e. The van der Waals surface area contributed by atoms with Gasteiger partial charge in [-0.1, -0.05) is 6.08 Å². The molecule has 0 aromatic carbocycles. The Hall–Kier alpha value is -1.25. The summed E-state index contributed by atoms with van der Waals surface area (Å²) < 4.78 is 0. The highest BCUT2D eigenvalue weighted by Gasteiger charge is 2.24. The van der Waals surface area contributed by atoms with E-state index in [1.54, 1.807) is 6.08 Å². The molecule has 0 radical (unpaired) electrons. The number of aliphatic imine (C=N–C) groups is 1. The first-order valence-electron chi connectivity index (χ1n) is 3.70. The third kappa shape index (κ3) is 0.926. The zero-order valence-electron chi connectivity index (χ0n) is 6.36. The third-order valence-corrected chi connectivity index (χ3v) is 1.84. The first kappa shape index (κ1) is 6.46. The largest absolute Gasteiger partial charge is 0.494 e. The lowest BCUT2D eigenvalue weighted by molar-refractivity contribution is 0.280. The second-order valence-electron chi connectivity index (χ2n) is 2.83. The summed E-state index contributed by atoms with van der Waals surface area (Å²) in [7, 11) is 0. The standard InChI is InChI=1S/C8H10N2O/c1-6-5-10-7(9-6)3-2-4-8(10)11/h2-4,6,11H,5H2,1H3/t6-/m1/s1. The number of nitrogens with zero attached hydrogens (tertiary/aromatic N) is 2. The van der Waals surface area contributed by atoms with Gasteiger partial charge in [0.05, 0.1) is 6.04 Å². The quantitative estimate of drug-likeness (QED) is 0.560. The molecule has 2 aliphatic heterocycles. The van der Waals surface area contributed by atoms with Gasteiger partial charge in [0.15, 0.2) is 5.88 Å². The Morgan fingerprint density at radius 3 is 3.27 bits per heavy atom. The van der Waals surface area contributed by atoms with E-state index >= 15 is 0 Å². The van der Waals surface area contributed by atoms with E-state index in [0.29, 0.717) is 11.9 Å². The van der Waals surface area contributed by atoms with Crippen LogP contribution in [0.25, 0.3) is 0 Å². The Morgan fingerprint density at radius 2 is 2.55 bits per heavy atom. The molecule has 0 unspecified atom stereocenters. The molecule has 2 heterocycles. The molecule has 1 N–H and O–H groups in total. The van der Waals surface area contributed by atoms with Gasteiger partial charge in [-0.05, 0) is 19.1 Å². The molecule has 0 bridgehead atoms. The van der Waals surface area contributed by atoms with E-state index < -0.39 is 0 Å². The fourth-order valence-corrected chi connectivity index (χ4v) is 1.35. The van der Waals surface area contributed by atoms with Crippen molar-refractivity contribution in [1.29, 1.82) is 0 Å². The van der Waals surface area contributed by atoms with Crippen LogP contribution < -0.4 is 0 Å². The monoisotopic (exact) mass is 150 g/mol. The van der Waals surface area contributed by atoms with Gasteiger partial charge in [-0.25, -0.2) is 0 Å². The minimum absolute atomic E-state index is 0.295. The van der Waals surface area contributed by atoms with Crippen molar-refractivity contribution in [2.45, 2.75) is 13.0 Å². The zero-order chi connectivity index (χ0) is 7.84. The van der Waals surface area contributed by atoms with E-state index in [1.165, 1.54) is 0 Å². The van der Waals surface area contributed by atoms with E-state index in [1.807, 2.05) is 24.0 Å². The maximum atomic E-state index is 9.35. The van der Waals surface area contributed by atoms with E-state index in [0.717, 1.165) is 12.4 Å². The number of allylic oxidation sites excluding steroid dienone is 2. The molecule has 58 valence electrons. The maximum absolute atomic E-state index is 9.35. The summed E-state index contributed by atoms with van der Waals surface area (Å²) in [4.78, 5) is 6.13. The number of hydrogen-bond donors (Lipinski definition) is 1. The van der Waals surface area contributed by atoms with Crippen LogP contribution in [0.4, 0.5) is 0 Å². The Morgan fingerprint density at radius 1 is 1.73 bits per heavy atom. The molecular formula is C8H10N2O. The van der Waals surface area contributed by atoms with Gasteiger partial charge in [-0.3, -0.25) is 9.89 Å². The highest BCUT2D eigenvalue weighted by atomic mass is 16.3. The van der Waals surface area contributed by atoms with Crippen molar-refractivity contribution in [3.8, 4) is 0 Å². The van der Waals surface area contributed by atoms with Crippen molar-refractivity contribution in [1.82, 2.24) is 4.90 Å². The molecule has 11 heavy (non-hydrogen) atoms. The average Bonchev–Trinajstić information content (AvgIpc) is 2.31. The normalized spacial score (nSPS) is 28.1. The molecule has 0 amide bonds. The van der Waals surface area contributed by atoms with Crippen LogP contribution >= 0.6 is 0 Å². The third-order valence-electron chi connectivity index (χ3n) is 1.84. The predicted molar refractivity (Wildman–Crippen MR) is 43.5 cm³/mol. The predicted octanol–water partition coefficient (Wildman–Crippen LogP) is 1.06. The first-order chi connectivity index (χ1) is 5.27. The van der Waals surface area contributed by atoms with Crippen LogP contribution in [0.15, 0.2) is 29.1 Å². The van der Waals surface area contributed by atoms with E-state index in [2.05, 4.69) is 4.99 Å². The summed E-state index contributed by atoms with van der Waals surface area (Å²) in [6.45, 7) is 2.83. The molecule has 1 atom stereocenters. The van der Waals surface area contributed by atoms with E-state index in [-0.39, 0.29) is 0 Å². The molecule has 0 saturated carbocycles. The number of amidine groups is 1. The molecule has 0 aromatic heterocycles. The van der Waals surface area contributed by atoms with Crippen molar-refractivity contribution < 1.29 is 5.11 Å². The highest BCUT2D eigenvalue weighted by Crippen LogP contribution is 2.17. The van der Waals surface area contributed by atoms with E-state index in [4.69, 9.17) is 0 Å². The van der Waals surface area contributed by atoms with Crippen LogP contribution in [0.5, 0.6) is 0 Å². The number of rotatable bonds is 0. The summed E-state index contributed by atoms with van der Waals surface area (Å²) >= 11 is 0. The van der Waals surface area contributed by atoms with Crippen LogP contribution in [0.3, 0.4) is 0 Å². The van der Waals surface area contributed by atoms with Crippen molar-refractivity contribution >= 4 is 5.84 Å². The van der Waals surface area contributed by atoms with Gasteiger partial charge >= 0.3 is 0 Å². The van der Waals surface area contributed by atoms with Gasteiger partial charge in [0.2, 0.25) is 0 Å². The second-order valence-corrected chi connectivity index (χ2v) is 2.83. The van der Waals surface area contributed by atoms with Gasteiger partial charge in [-0.2, -0.15) is 0 Å². The number of hydrogen-bond acceptors (Lipinski definition) is 3. The van der Waals surface area contributed by atoms with Crippen molar-refractivity contribution in [3.63, 3.8) is 0 Å². The summed E-state index contributed by atoms with van der Waals surface area (Å²) in [5.74, 6) is 1.17. The molecule has 2 rings (SSSR count). The summed E-state index contributed by atoms with van der Waals surface area (Å²) in [6.07, 6.45) is 5.39. The van der Waals surface area contributed by atoms with Crippen LogP contribution in [-0.2, 0) is 0 Å². The molecule has 0 aromatic rings. The zero-order valence-corrected chi connectivity index (χ0v) is 6.36. The molecule has 0 fully saturated rings. The van der Waals surface area contributed by atoms with Crippen LogP contribution in [-0.4, -0.2) is 28.4 Å². The molecule has 3 heteroatoms. The first-order valence-corrected chi connectivity index (χ1v) is 3.70. The van der Waals surface area contributed by atoms with E-state index in [9.17, 15) is 5.11 Å².